The lowest BCUT2D eigenvalue weighted by atomic mass is 9.78. The number of hydrogen-bond donors (Lipinski definition) is 1. The molecule has 196 valence electrons. The zero-order valence-electron chi connectivity index (χ0n) is 21.8. The van der Waals surface area contributed by atoms with Crippen molar-refractivity contribution in [3.05, 3.63) is 66.0 Å². The number of esters is 2. The third kappa shape index (κ3) is 10.7. The van der Waals surface area contributed by atoms with E-state index in [1.165, 1.54) is 5.56 Å². The summed E-state index contributed by atoms with van der Waals surface area (Å²) < 4.78 is 14.7. The molecule has 1 aromatic heterocycles. The number of ketones is 1. The van der Waals surface area contributed by atoms with E-state index in [1.54, 1.807) is 45.2 Å². The maximum absolute atomic E-state index is 12.5. The van der Waals surface area contributed by atoms with Gasteiger partial charge in [0.2, 0.25) is 0 Å². The van der Waals surface area contributed by atoms with Crippen LogP contribution in [0.3, 0.4) is 0 Å². The van der Waals surface area contributed by atoms with Gasteiger partial charge in [0, 0.05) is 18.3 Å². The molecule has 1 amide bonds. The molecule has 0 aliphatic carbocycles. The van der Waals surface area contributed by atoms with Crippen LogP contribution in [0.2, 0.25) is 0 Å². The second-order valence-corrected chi connectivity index (χ2v) is 9.11. The molecule has 36 heavy (non-hydrogen) atoms. The summed E-state index contributed by atoms with van der Waals surface area (Å²) in [5.41, 5.74) is -0.600. The predicted molar refractivity (Wildman–Crippen MR) is 134 cm³/mol. The SMILES string of the molecule is COC(=O)C(CCc1ccccn1)(CC(=O)CNC(=O)OC(C)(C)C)C(=O)OC.Cc1ccccc1. The molecule has 0 saturated heterocycles. The van der Waals surface area contributed by atoms with Crippen molar-refractivity contribution >= 4 is 23.8 Å². The number of alkyl carbamates (subject to hydrolysis) is 1. The van der Waals surface area contributed by atoms with Gasteiger partial charge in [-0.05, 0) is 52.7 Å². The first-order valence-electron chi connectivity index (χ1n) is 11.5. The Balaban J connectivity index is 0.000000789. The number of aromatic nitrogens is 1. The Morgan fingerprint density at radius 3 is 1.92 bits per heavy atom. The average Bonchev–Trinajstić information content (AvgIpc) is 2.84. The van der Waals surface area contributed by atoms with Gasteiger partial charge in [-0.25, -0.2) is 4.79 Å². The molecule has 1 heterocycles. The highest BCUT2D eigenvalue weighted by Crippen LogP contribution is 2.32. The monoisotopic (exact) mass is 500 g/mol. The topological polar surface area (TPSA) is 121 Å². The summed E-state index contributed by atoms with van der Waals surface area (Å²) in [6.45, 7) is 6.73. The molecule has 0 unspecified atom stereocenters. The second kappa shape index (κ2) is 14.6. The van der Waals surface area contributed by atoms with Gasteiger partial charge >= 0.3 is 18.0 Å². The summed E-state index contributed by atoms with van der Waals surface area (Å²) in [6.07, 6.45) is 0.526. The van der Waals surface area contributed by atoms with Crippen molar-refractivity contribution in [1.29, 1.82) is 0 Å². The van der Waals surface area contributed by atoms with Gasteiger partial charge in [-0.15, -0.1) is 0 Å². The summed E-state index contributed by atoms with van der Waals surface area (Å²) >= 11 is 0. The molecular weight excluding hydrogens is 464 g/mol. The predicted octanol–water partition coefficient (Wildman–Crippen LogP) is 3.83. The van der Waals surface area contributed by atoms with Crippen LogP contribution in [-0.4, -0.2) is 55.2 Å². The number of ether oxygens (including phenoxy) is 3. The number of carbonyl (C=O) groups excluding carboxylic acids is 4. The van der Waals surface area contributed by atoms with Gasteiger partial charge in [0.1, 0.15) is 5.60 Å². The van der Waals surface area contributed by atoms with Gasteiger partial charge in [-0.1, -0.05) is 42.0 Å². The minimum atomic E-state index is -1.84. The minimum Gasteiger partial charge on any atom is -0.468 e. The van der Waals surface area contributed by atoms with E-state index in [0.29, 0.717) is 5.69 Å². The first-order valence-corrected chi connectivity index (χ1v) is 11.5. The standard InChI is InChI=1S/C20H28N2O7.C7H8/c1-19(2,3)29-18(26)22-13-15(23)12-20(16(24)27-4,17(25)28-5)10-9-14-8-6-7-11-21-14;1-7-5-3-2-4-6-7/h6-8,11H,9-10,12-13H2,1-5H3,(H,22,26);2-6H,1H3. The molecule has 0 spiro atoms. The fourth-order valence-corrected chi connectivity index (χ4v) is 3.22. The Morgan fingerprint density at radius 2 is 1.47 bits per heavy atom. The molecular formula is C27H36N2O7. The third-order valence-corrected chi connectivity index (χ3v) is 4.95. The number of carbonyl (C=O) groups is 4. The maximum atomic E-state index is 12.5. The first-order chi connectivity index (χ1) is 16.9. The van der Waals surface area contributed by atoms with Crippen molar-refractivity contribution in [3.63, 3.8) is 0 Å². The van der Waals surface area contributed by atoms with Gasteiger partial charge in [0.05, 0.1) is 20.8 Å². The number of pyridine rings is 1. The van der Waals surface area contributed by atoms with Crippen LogP contribution in [0.5, 0.6) is 0 Å². The van der Waals surface area contributed by atoms with E-state index < -0.39 is 47.8 Å². The summed E-state index contributed by atoms with van der Waals surface area (Å²) in [7, 11) is 2.26. The molecule has 2 rings (SSSR count). The number of methoxy groups -OCH3 is 2. The zero-order chi connectivity index (χ0) is 27.2. The van der Waals surface area contributed by atoms with Crippen LogP contribution in [0.25, 0.3) is 0 Å². The van der Waals surface area contributed by atoms with E-state index in [4.69, 9.17) is 14.2 Å². The van der Waals surface area contributed by atoms with Crippen molar-refractivity contribution < 1.29 is 33.4 Å². The van der Waals surface area contributed by atoms with Crippen molar-refractivity contribution in [2.45, 2.75) is 52.6 Å². The molecule has 0 aliphatic rings. The largest absolute Gasteiger partial charge is 0.468 e. The molecule has 9 heteroatoms. The number of aryl methyl sites for hydroxylation is 2. The van der Waals surface area contributed by atoms with E-state index in [0.717, 1.165) is 14.2 Å². The summed E-state index contributed by atoms with van der Waals surface area (Å²) in [4.78, 5) is 53.4. The Hall–Kier alpha value is -3.75. The maximum Gasteiger partial charge on any atom is 0.408 e. The van der Waals surface area contributed by atoms with Gasteiger partial charge < -0.3 is 19.5 Å². The molecule has 0 radical (unpaired) electrons. The normalized spacial score (nSPS) is 10.8. The van der Waals surface area contributed by atoms with Crippen molar-refractivity contribution in [2.24, 2.45) is 5.41 Å². The molecule has 1 N–H and O–H groups in total. The lowest BCUT2D eigenvalue weighted by Crippen LogP contribution is -2.45. The van der Waals surface area contributed by atoms with Crippen LogP contribution in [0.4, 0.5) is 4.79 Å². The molecule has 2 aromatic rings. The van der Waals surface area contributed by atoms with E-state index >= 15 is 0 Å². The van der Waals surface area contributed by atoms with Crippen LogP contribution in [0, 0.1) is 12.3 Å². The molecule has 0 bridgehead atoms. The zero-order valence-corrected chi connectivity index (χ0v) is 21.8. The third-order valence-electron chi connectivity index (χ3n) is 4.95. The fourth-order valence-electron chi connectivity index (χ4n) is 3.22. The second-order valence-electron chi connectivity index (χ2n) is 9.11. The van der Waals surface area contributed by atoms with Gasteiger partial charge in [-0.2, -0.15) is 0 Å². The van der Waals surface area contributed by atoms with E-state index in [2.05, 4.69) is 29.4 Å². The number of Topliss-reactive ketones (excluding diaryl/α,β-unsaturated/α-hetero) is 1. The Morgan fingerprint density at radius 1 is 0.889 bits per heavy atom. The van der Waals surface area contributed by atoms with Crippen molar-refractivity contribution in [1.82, 2.24) is 10.3 Å². The summed E-state index contributed by atoms with van der Waals surface area (Å²) in [5, 5.41) is 2.32. The highest BCUT2D eigenvalue weighted by Gasteiger charge is 2.49. The molecule has 9 nitrogen and oxygen atoms in total. The number of rotatable bonds is 9. The lowest BCUT2D eigenvalue weighted by Gasteiger charge is -2.27. The van der Waals surface area contributed by atoms with E-state index in [-0.39, 0.29) is 12.8 Å². The van der Waals surface area contributed by atoms with Crippen molar-refractivity contribution in [2.75, 3.05) is 20.8 Å². The highest BCUT2D eigenvalue weighted by atomic mass is 16.6. The molecule has 0 fully saturated rings. The number of hydrogen-bond acceptors (Lipinski definition) is 8. The van der Waals surface area contributed by atoms with Crippen molar-refractivity contribution in [3.8, 4) is 0 Å². The van der Waals surface area contributed by atoms with E-state index in [1.807, 2.05) is 18.2 Å². The molecule has 0 saturated carbocycles. The molecule has 1 aromatic carbocycles. The number of amides is 1. The van der Waals surface area contributed by atoms with E-state index in [9.17, 15) is 19.2 Å². The fraction of sp³-hybridized carbons (Fsp3) is 0.444. The first kappa shape index (κ1) is 30.3. The summed E-state index contributed by atoms with van der Waals surface area (Å²) in [5.74, 6) is -2.32. The number of nitrogens with one attached hydrogen (secondary N) is 1. The Bertz CT molecular complexity index is 970. The Kier molecular flexibility index (Phi) is 12.3. The van der Waals surface area contributed by atoms with Crippen LogP contribution in [0.15, 0.2) is 54.7 Å². The Labute approximate surface area is 212 Å². The van der Waals surface area contributed by atoms with Crippen LogP contribution in [-0.2, 0) is 35.0 Å². The van der Waals surface area contributed by atoms with Gasteiger partial charge in [0.15, 0.2) is 11.2 Å². The van der Waals surface area contributed by atoms with Gasteiger partial charge in [-0.3, -0.25) is 19.4 Å². The smallest absolute Gasteiger partial charge is 0.408 e. The number of nitrogens with zero attached hydrogens (tertiary/aromatic N) is 1. The number of benzene rings is 1. The summed E-state index contributed by atoms with van der Waals surface area (Å²) in [6, 6.07) is 15.5. The minimum absolute atomic E-state index is 0.0401. The van der Waals surface area contributed by atoms with Crippen LogP contribution >= 0.6 is 0 Å². The van der Waals surface area contributed by atoms with Crippen LogP contribution in [0.1, 0.15) is 44.9 Å². The quantitative estimate of drug-likeness (QED) is 0.313. The van der Waals surface area contributed by atoms with Gasteiger partial charge in [0.25, 0.3) is 0 Å². The highest BCUT2D eigenvalue weighted by molar-refractivity contribution is 6.04. The molecule has 0 atom stereocenters. The average molecular weight is 501 g/mol. The molecule has 0 aliphatic heterocycles. The van der Waals surface area contributed by atoms with Crippen LogP contribution < -0.4 is 5.32 Å². The lowest BCUT2D eigenvalue weighted by molar-refractivity contribution is -0.171.